The predicted octanol–water partition coefficient (Wildman–Crippen LogP) is 2.43. The lowest BCUT2D eigenvalue weighted by Crippen LogP contribution is -2.06. The van der Waals surface area contributed by atoms with E-state index in [1.54, 1.807) is 11.8 Å². The van der Waals surface area contributed by atoms with Crippen molar-refractivity contribution in [2.24, 2.45) is 0 Å². The van der Waals surface area contributed by atoms with Gasteiger partial charge in [-0.2, -0.15) is 0 Å². The Kier molecular flexibility index (Phi) is 6.62. The van der Waals surface area contributed by atoms with Crippen LogP contribution in [0.1, 0.15) is 31.2 Å². The molecule has 0 aromatic carbocycles. The van der Waals surface area contributed by atoms with Crippen molar-refractivity contribution >= 4 is 23.5 Å². The molecule has 1 N–H and O–H groups in total. The second kappa shape index (κ2) is 7.99. The van der Waals surface area contributed by atoms with Gasteiger partial charge in [0.2, 0.25) is 0 Å². The fraction of sp³-hybridized carbons (Fsp3) is 0.615. The number of carbonyl (C=O) groups is 1. The van der Waals surface area contributed by atoms with Crippen LogP contribution in [0.2, 0.25) is 0 Å². The van der Waals surface area contributed by atoms with Crippen molar-refractivity contribution in [1.29, 1.82) is 0 Å². The van der Waals surface area contributed by atoms with Crippen LogP contribution in [0, 0.1) is 6.92 Å². The second-order valence-electron chi connectivity index (χ2n) is 4.09. The number of rotatable bonds is 7. The molecule has 0 aliphatic rings. The minimum absolute atomic E-state index is 0.193. The molecule has 0 amide bonds. The van der Waals surface area contributed by atoms with Gasteiger partial charge < -0.3 is 10.1 Å². The third-order valence-corrected chi connectivity index (χ3v) is 3.71. The molecular formula is C13H21N3O2S. The van der Waals surface area contributed by atoms with Crippen LogP contribution in [0.25, 0.3) is 0 Å². The van der Waals surface area contributed by atoms with Crippen LogP contribution in [-0.4, -0.2) is 35.8 Å². The number of methoxy groups -OCH3 is 1. The highest BCUT2D eigenvalue weighted by molar-refractivity contribution is 7.99. The number of thioether (sulfide) groups is 1. The smallest absolute Gasteiger partial charge is 0.306 e. The van der Waals surface area contributed by atoms with Crippen LogP contribution >= 0.6 is 11.8 Å². The molecule has 19 heavy (non-hydrogen) atoms. The first-order valence-electron chi connectivity index (χ1n) is 6.37. The van der Waals surface area contributed by atoms with Crippen molar-refractivity contribution in [1.82, 2.24) is 9.97 Å². The minimum atomic E-state index is -0.193. The molecule has 0 unspecified atom stereocenters. The van der Waals surface area contributed by atoms with Crippen molar-refractivity contribution in [2.45, 2.75) is 38.1 Å². The summed E-state index contributed by atoms with van der Waals surface area (Å²) in [5, 5.41) is 4.03. The third kappa shape index (κ3) is 4.70. The molecule has 0 spiro atoms. The number of hydrogen-bond acceptors (Lipinski definition) is 6. The molecule has 0 saturated carbocycles. The molecule has 5 nitrogen and oxygen atoms in total. The maximum atomic E-state index is 11.1. The standard InChI is InChI=1S/C13H21N3O2S/c1-5-6-10-15-12(14-3)9(2)13(16-10)19-8-7-11(17)18-4/h5-8H2,1-4H3,(H,14,15,16). The van der Waals surface area contributed by atoms with Crippen molar-refractivity contribution < 1.29 is 9.53 Å². The van der Waals surface area contributed by atoms with Crippen LogP contribution in [0.5, 0.6) is 0 Å². The second-order valence-corrected chi connectivity index (χ2v) is 5.18. The van der Waals surface area contributed by atoms with Crippen LogP contribution in [-0.2, 0) is 16.0 Å². The van der Waals surface area contributed by atoms with Gasteiger partial charge >= 0.3 is 5.97 Å². The molecule has 0 fully saturated rings. The van der Waals surface area contributed by atoms with Crippen molar-refractivity contribution in [3.05, 3.63) is 11.4 Å². The Morgan fingerprint density at radius 3 is 2.74 bits per heavy atom. The van der Waals surface area contributed by atoms with Crippen LogP contribution in [0.3, 0.4) is 0 Å². The Labute approximate surface area is 118 Å². The van der Waals surface area contributed by atoms with Gasteiger partial charge in [-0.1, -0.05) is 6.92 Å². The lowest BCUT2D eigenvalue weighted by atomic mass is 10.3. The third-order valence-electron chi connectivity index (χ3n) is 2.63. The number of anilines is 1. The number of nitrogens with one attached hydrogen (secondary N) is 1. The van der Waals surface area contributed by atoms with Gasteiger partial charge in [-0.25, -0.2) is 9.97 Å². The number of esters is 1. The van der Waals surface area contributed by atoms with Crippen LogP contribution in [0.15, 0.2) is 5.03 Å². The van der Waals surface area contributed by atoms with Crippen molar-refractivity contribution in [3.63, 3.8) is 0 Å². The van der Waals surface area contributed by atoms with Gasteiger partial charge in [0.15, 0.2) is 0 Å². The fourth-order valence-corrected chi connectivity index (χ4v) is 2.54. The summed E-state index contributed by atoms with van der Waals surface area (Å²) in [6.45, 7) is 4.09. The predicted molar refractivity (Wildman–Crippen MR) is 77.7 cm³/mol. The lowest BCUT2D eigenvalue weighted by Gasteiger charge is -2.11. The highest BCUT2D eigenvalue weighted by atomic mass is 32.2. The topological polar surface area (TPSA) is 64.1 Å². The van der Waals surface area contributed by atoms with Gasteiger partial charge in [0.05, 0.1) is 13.5 Å². The van der Waals surface area contributed by atoms with E-state index in [4.69, 9.17) is 0 Å². The van der Waals surface area contributed by atoms with Gasteiger partial charge in [-0.15, -0.1) is 11.8 Å². The summed E-state index contributed by atoms with van der Waals surface area (Å²) in [5.41, 5.74) is 1.03. The average Bonchev–Trinajstić information content (AvgIpc) is 2.41. The van der Waals surface area contributed by atoms with E-state index in [1.165, 1.54) is 7.11 Å². The molecule has 1 aromatic rings. The number of aromatic nitrogens is 2. The normalized spacial score (nSPS) is 10.3. The quantitative estimate of drug-likeness (QED) is 0.471. The minimum Gasteiger partial charge on any atom is -0.469 e. The van der Waals surface area contributed by atoms with Gasteiger partial charge in [0, 0.05) is 24.8 Å². The maximum absolute atomic E-state index is 11.1. The molecule has 0 radical (unpaired) electrons. The molecule has 106 valence electrons. The van der Waals surface area contributed by atoms with E-state index in [1.807, 2.05) is 14.0 Å². The molecule has 1 rings (SSSR count). The highest BCUT2D eigenvalue weighted by Crippen LogP contribution is 2.25. The van der Waals surface area contributed by atoms with E-state index in [-0.39, 0.29) is 5.97 Å². The first-order chi connectivity index (χ1) is 9.12. The van der Waals surface area contributed by atoms with Gasteiger partial charge in [0.1, 0.15) is 16.7 Å². The monoisotopic (exact) mass is 283 g/mol. The summed E-state index contributed by atoms with van der Waals surface area (Å²) in [6, 6.07) is 0. The van der Waals surface area contributed by atoms with Crippen molar-refractivity contribution in [3.8, 4) is 0 Å². The SMILES string of the molecule is CCCc1nc(NC)c(C)c(SCCC(=O)OC)n1. The highest BCUT2D eigenvalue weighted by Gasteiger charge is 2.11. The summed E-state index contributed by atoms with van der Waals surface area (Å²) >= 11 is 1.57. The lowest BCUT2D eigenvalue weighted by molar-refractivity contribution is -0.140. The zero-order valence-corrected chi connectivity index (χ0v) is 12.8. The number of nitrogens with zero attached hydrogens (tertiary/aromatic N) is 2. The van der Waals surface area contributed by atoms with Crippen LogP contribution in [0.4, 0.5) is 5.82 Å². The molecule has 1 heterocycles. The van der Waals surface area contributed by atoms with Gasteiger partial charge in [-0.3, -0.25) is 4.79 Å². The Morgan fingerprint density at radius 1 is 1.42 bits per heavy atom. The Hall–Kier alpha value is -1.30. The summed E-state index contributed by atoms with van der Waals surface area (Å²) in [5.74, 6) is 2.18. The first-order valence-corrected chi connectivity index (χ1v) is 7.35. The molecule has 0 saturated heterocycles. The number of ether oxygens (including phenoxy) is 1. The molecule has 6 heteroatoms. The largest absolute Gasteiger partial charge is 0.469 e. The summed E-state index contributed by atoms with van der Waals surface area (Å²) in [6.07, 6.45) is 2.26. The van der Waals surface area contributed by atoms with Crippen LogP contribution < -0.4 is 5.32 Å². The maximum Gasteiger partial charge on any atom is 0.306 e. The molecule has 0 bridgehead atoms. The number of carbonyl (C=O) groups excluding carboxylic acids is 1. The summed E-state index contributed by atoms with van der Waals surface area (Å²) in [7, 11) is 3.26. The van der Waals surface area contributed by atoms with Gasteiger partial charge in [0.25, 0.3) is 0 Å². The van der Waals surface area contributed by atoms with Gasteiger partial charge in [-0.05, 0) is 13.3 Å². The summed E-state index contributed by atoms with van der Waals surface area (Å²) < 4.78 is 4.63. The van der Waals surface area contributed by atoms with E-state index in [2.05, 4.69) is 26.9 Å². The Bertz CT molecular complexity index is 438. The summed E-state index contributed by atoms with van der Waals surface area (Å²) in [4.78, 5) is 20.1. The number of aryl methyl sites for hydroxylation is 1. The average molecular weight is 283 g/mol. The molecule has 0 aliphatic carbocycles. The van der Waals surface area contributed by atoms with E-state index >= 15 is 0 Å². The Balaban J connectivity index is 2.79. The molecule has 1 aromatic heterocycles. The van der Waals surface area contributed by atoms with E-state index < -0.39 is 0 Å². The van der Waals surface area contributed by atoms with E-state index in [0.717, 1.165) is 35.1 Å². The Morgan fingerprint density at radius 2 is 2.16 bits per heavy atom. The molecule has 0 aliphatic heterocycles. The van der Waals surface area contributed by atoms with Crippen molar-refractivity contribution in [2.75, 3.05) is 25.2 Å². The zero-order chi connectivity index (χ0) is 14.3. The van der Waals surface area contributed by atoms with E-state index in [0.29, 0.717) is 12.2 Å². The van der Waals surface area contributed by atoms with E-state index in [9.17, 15) is 4.79 Å². The first kappa shape index (κ1) is 15.8. The number of hydrogen-bond donors (Lipinski definition) is 1. The zero-order valence-electron chi connectivity index (χ0n) is 11.9. The molecule has 0 atom stereocenters. The molecular weight excluding hydrogens is 262 g/mol. The fourth-order valence-electron chi connectivity index (χ4n) is 1.59.